The Morgan fingerprint density at radius 2 is 2.17 bits per heavy atom. The van der Waals surface area contributed by atoms with E-state index in [0.717, 1.165) is 12.4 Å². The van der Waals surface area contributed by atoms with Crippen LogP contribution in [0, 0.1) is 11.6 Å². The second-order valence-electron chi connectivity index (χ2n) is 4.11. The summed E-state index contributed by atoms with van der Waals surface area (Å²) in [6, 6.07) is 2.62. The Kier molecular flexibility index (Phi) is 2.91. The van der Waals surface area contributed by atoms with Gasteiger partial charge in [0.1, 0.15) is 17.5 Å². The van der Waals surface area contributed by atoms with E-state index in [2.05, 4.69) is 26.2 Å². The van der Waals surface area contributed by atoms with Gasteiger partial charge in [0.15, 0.2) is 0 Å². The van der Waals surface area contributed by atoms with Crippen LogP contribution in [0.5, 0.6) is 0 Å². The second kappa shape index (κ2) is 4.44. The van der Waals surface area contributed by atoms with Crippen LogP contribution in [-0.4, -0.2) is 16.1 Å². The van der Waals surface area contributed by atoms with Gasteiger partial charge in [-0.15, -0.1) is 0 Å². The van der Waals surface area contributed by atoms with E-state index in [1.165, 1.54) is 18.3 Å². The molecule has 3 nitrogen and oxygen atoms in total. The molecule has 1 aromatic heterocycles. The maximum atomic E-state index is 14.1. The largest absolute Gasteiger partial charge is 0.325 e. The molecule has 1 aliphatic heterocycles. The van der Waals surface area contributed by atoms with E-state index in [-0.39, 0.29) is 10.0 Å². The molecule has 2 heterocycles. The molecule has 6 heteroatoms. The maximum Gasteiger partial charge on any atom is 0.149 e. The molecule has 1 N–H and O–H groups in total. The Bertz CT molecular complexity index is 610. The molecule has 0 unspecified atom stereocenters. The maximum absolute atomic E-state index is 14.1. The summed E-state index contributed by atoms with van der Waals surface area (Å²) in [6.45, 7) is 2.06. The molecule has 0 atom stereocenters. The van der Waals surface area contributed by atoms with Gasteiger partial charge in [0, 0.05) is 13.1 Å². The van der Waals surface area contributed by atoms with Crippen molar-refractivity contribution in [1.82, 2.24) is 14.9 Å². The molecule has 0 aliphatic carbocycles. The van der Waals surface area contributed by atoms with E-state index < -0.39 is 11.6 Å². The fourth-order valence-electron chi connectivity index (χ4n) is 2.16. The van der Waals surface area contributed by atoms with Gasteiger partial charge in [-0.05, 0) is 28.1 Å². The van der Waals surface area contributed by atoms with Crippen LogP contribution >= 0.6 is 15.9 Å². The van der Waals surface area contributed by atoms with Gasteiger partial charge in [-0.25, -0.2) is 13.8 Å². The number of aromatic nitrogens is 2. The van der Waals surface area contributed by atoms with Gasteiger partial charge in [0.2, 0.25) is 0 Å². The van der Waals surface area contributed by atoms with Crippen molar-refractivity contribution < 1.29 is 8.78 Å². The third-order valence-corrected chi connectivity index (χ3v) is 3.65. The van der Waals surface area contributed by atoms with Crippen molar-refractivity contribution in [2.75, 3.05) is 6.54 Å². The van der Waals surface area contributed by atoms with Crippen molar-refractivity contribution >= 4 is 15.9 Å². The Balaban J connectivity index is 2.21. The third-order valence-electron chi connectivity index (χ3n) is 3.03. The summed E-state index contributed by atoms with van der Waals surface area (Å²) in [5.41, 5.74) is 0.466. The minimum atomic E-state index is -0.587. The van der Waals surface area contributed by atoms with Gasteiger partial charge < -0.3 is 9.88 Å². The third kappa shape index (κ3) is 1.76. The van der Waals surface area contributed by atoms with Crippen LogP contribution in [0.1, 0.15) is 5.82 Å². The summed E-state index contributed by atoms with van der Waals surface area (Å²) in [7, 11) is 0. The van der Waals surface area contributed by atoms with Crippen molar-refractivity contribution in [1.29, 1.82) is 0 Å². The van der Waals surface area contributed by atoms with Gasteiger partial charge in [0.25, 0.3) is 0 Å². The zero-order chi connectivity index (χ0) is 12.7. The molecule has 18 heavy (non-hydrogen) atoms. The molecule has 0 saturated heterocycles. The molecule has 0 amide bonds. The van der Waals surface area contributed by atoms with Crippen LogP contribution in [-0.2, 0) is 13.1 Å². The number of rotatable bonds is 1. The first-order valence-corrected chi connectivity index (χ1v) is 6.37. The number of fused-ring (bicyclic) bond motifs is 1. The van der Waals surface area contributed by atoms with Crippen molar-refractivity contribution in [2.24, 2.45) is 0 Å². The number of hydrogen-bond donors (Lipinski definition) is 1. The standard InChI is InChI=1S/C12H10BrF2N3/c13-7-1-2-8(14)11(12(7)15)9-5-17-10-6-16-3-4-18(9)10/h1-2,5,16H,3-4,6H2. The first kappa shape index (κ1) is 11.8. The first-order chi connectivity index (χ1) is 8.68. The zero-order valence-corrected chi connectivity index (χ0v) is 11.0. The normalized spacial score (nSPS) is 14.6. The highest BCUT2D eigenvalue weighted by Gasteiger charge is 2.21. The molecule has 0 fully saturated rings. The average Bonchev–Trinajstić information content (AvgIpc) is 2.79. The summed E-state index contributed by atoms with van der Waals surface area (Å²) in [5, 5.41) is 3.17. The Labute approximate surface area is 111 Å². The minimum Gasteiger partial charge on any atom is -0.325 e. The molecule has 0 bridgehead atoms. The van der Waals surface area contributed by atoms with Crippen LogP contribution in [0.4, 0.5) is 8.78 Å². The van der Waals surface area contributed by atoms with Crippen LogP contribution in [0.15, 0.2) is 22.8 Å². The summed E-state index contributed by atoms with van der Waals surface area (Å²) in [6.07, 6.45) is 1.52. The van der Waals surface area contributed by atoms with Crippen LogP contribution < -0.4 is 5.32 Å². The van der Waals surface area contributed by atoms with Crippen LogP contribution in [0.25, 0.3) is 11.3 Å². The van der Waals surface area contributed by atoms with Crippen LogP contribution in [0.2, 0.25) is 0 Å². The lowest BCUT2D eigenvalue weighted by molar-refractivity contribution is 0.505. The van der Waals surface area contributed by atoms with Crippen LogP contribution in [0.3, 0.4) is 0 Å². The van der Waals surface area contributed by atoms with E-state index in [9.17, 15) is 8.78 Å². The molecule has 0 spiro atoms. The Hall–Kier alpha value is -1.27. The minimum absolute atomic E-state index is 0.0231. The van der Waals surface area contributed by atoms with E-state index in [0.29, 0.717) is 18.8 Å². The van der Waals surface area contributed by atoms with Gasteiger partial charge in [0.05, 0.1) is 28.5 Å². The average molecular weight is 314 g/mol. The van der Waals surface area contributed by atoms with Gasteiger partial charge in [-0.3, -0.25) is 0 Å². The number of imidazole rings is 1. The summed E-state index contributed by atoms with van der Waals surface area (Å²) in [4.78, 5) is 4.20. The predicted molar refractivity (Wildman–Crippen MR) is 67.0 cm³/mol. The van der Waals surface area contributed by atoms with E-state index in [4.69, 9.17) is 0 Å². The quantitative estimate of drug-likeness (QED) is 0.820. The molecular weight excluding hydrogens is 304 g/mol. The predicted octanol–water partition coefficient (Wildman–Crippen LogP) is 2.69. The summed E-state index contributed by atoms with van der Waals surface area (Å²) < 4.78 is 30.0. The molecule has 0 saturated carbocycles. The number of benzene rings is 1. The van der Waals surface area contributed by atoms with E-state index in [1.807, 2.05) is 4.57 Å². The van der Waals surface area contributed by atoms with Gasteiger partial charge >= 0.3 is 0 Å². The number of hydrogen-bond acceptors (Lipinski definition) is 2. The topological polar surface area (TPSA) is 29.9 Å². The first-order valence-electron chi connectivity index (χ1n) is 5.57. The van der Waals surface area contributed by atoms with E-state index in [1.54, 1.807) is 0 Å². The lowest BCUT2D eigenvalue weighted by atomic mass is 10.1. The van der Waals surface area contributed by atoms with Crippen molar-refractivity contribution in [3.63, 3.8) is 0 Å². The molecule has 0 radical (unpaired) electrons. The summed E-state index contributed by atoms with van der Waals surface area (Å²) in [5.74, 6) is -0.358. The van der Waals surface area contributed by atoms with Gasteiger partial charge in [-0.2, -0.15) is 0 Å². The van der Waals surface area contributed by atoms with E-state index >= 15 is 0 Å². The lowest BCUT2D eigenvalue weighted by Gasteiger charge is -2.18. The number of halogens is 3. The second-order valence-corrected chi connectivity index (χ2v) is 4.96. The van der Waals surface area contributed by atoms with Crippen molar-refractivity contribution in [3.8, 4) is 11.3 Å². The van der Waals surface area contributed by atoms with Crippen molar-refractivity contribution in [2.45, 2.75) is 13.1 Å². The Morgan fingerprint density at radius 1 is 1.33 bits per heavy atom. The summed E-state index contributed by atoms with van der Waals surface area (Å²) >= 11 is 3.08. The highest BCUT2D eigenvalue weighted by Crippen LogP contribution is 2.31. The SMILES string of the molecule is Fc1ccc(Br)c(F)c1-c1cnc2n1CCNC2. The molecular formula is C12H10BrF2N3. The number of nitrogens with one attached hydrogen (secondary N) is 1. The number of nitrogens with zero attached hydrogens (tertiary/aromatic N) is 2. The monoisotopic (exact) mass is 313 g/mol. The lowest BCUT2D eigenvalue weighted by Crippen LogP contribution is -2.28. The Morgan fingerprint density at radius 3 is 3.00 bits per heavy atom. The smallest absolute Gasteiger partial charge is 0.149 e. The highest BCUT2D eigenvalue weighted by molar-refractivity contribution is 9.10. The fourth-order valence-corrected chi connectivity index (χ4v) is 2.49. The molecule has 94 valence electrons. The molecule has 3 rings (SSSR count). The highest BCUT2D eigenvalue weighted by atomic mass is 79.9. The van der Waals surface area contributed by atoms with Crippen molar-refractivity contribution in [3.05, 3.63) is 40.3 Å². The molecule has 1 aliphatic rings. The molecule has 2 aromatic rings. The molecule has 1 aromatic carbocycles. The zero-order valence-electron chi connectivity index (χ0n) is 9.38. The fraction of sp³-hybridized carbons (Fsp3) is 0.250. The van der Waals surface area contributed by atoms with Gasteiger partial charge in [-0.1, -0.05) is 0 Å².